The van der Waals surface area contributed by atoms with Crippen LogP contribution in [-0.2, 0) is 32.8 Å². The average Bonchev–Trinajstić information content (AvgIpc) is 2.96. The highest BCUT2D eigenvalue weighted by atomic mass is 32.2. The second kappa shape index (κ2) is 8.15. The Kier molecular flexibility index (Phi) is 5.87. The predicted octanol–water partition coefficient (Wildman–Crippen LogP) is 4.21. The van der Waals surface area contributed by atoms with E-state index in [9.17, 15) is 13.4 Å². The second-order valence-electron chi connectivity index (χ2n) is 7.00. The molecule has 27 heavy (non-hydrogen) atoms. The number of cyclic esters (lactones) is 1. The Morgan fingerprint density at radius 3 is 2.41 bits per heavy atom. The molecule has 1 unspecified atom stereocenters. The lowest BCUT2D eigenvalue weighted by Crippen LogP contribution is -2.00. The second-order valence-corrected chi connectivity index (χ2v) is 7.94. The van der Waals surface area contributed by atoms with E-state index in [1.165, 1.54) is 17.7 Å². The van der Waals surface area contributed by atoms with E-state index in [0.717, 1.165) is 6.42 Å². The van der Waals surface area contributed by atoms with E-state index in [0.29, 0.717) is 28.2 Å². The van der Waals surface area contributed by atoms with Gasteiger partial charge in [0.05, 0.1) is 11.3 Å². The fraction of sp³-hybridized carbons (Fsp3) is 0.286. The van der Waals surface area contributed by atoms with Gasteiger partial charge in [0, 0.05) is 11.1 Å². The van der Waals surface area contributed by atoms with Crippen LogP contribution in [0.25, 0.3) is 11.1 Å². The smallest absolute Gasteiger partial charge is 0.339 e. The molecule has 0 aromatic heterocycles. The maximum Gasteiger partial charge on any atom is 0.339 e. The fourth-order valence-electron chi connectivity index (χ4n) is 3.22. The van der Waals surface area contributed by atoms with E-state index in [1.54, 1.807) is 6.07 Å². The first-order valence-electron chi connectivity index (χ1n) is 8.71. The third-order valence-electron chi connectivity index (χ3n) is 4.39. The molecule has 1 aliphatic rings. The van der Waals surface area contributed by atoms with Crippen molar-refractivity contribution < 1.29 is 22.7 Å². The van der Waals surface area contributed by atoms with Gasteiger partial charge in [-0.1, -0.05) is 50.2 Å². The molecule has 0 bridgehead atoms. The molecule has 1 aliphatic heterocycles. The molecule has 1 atom stereocenters. The van der Waals surface area contributed by atoms with Crippen LogP contribution in [-0.4, -0.2) is 21.3 Å². The molecule has 4 nitrogen and oxygen atoms in total. The molecule has 0 amide bonds. The summed E-state index contributed by atoms with van der Waals surface area (Å²) in [5.41, 5.74) is 3.42. The molecule has 142 valence electrons. The maximum absolute atomic E-state index is 14.6. The lowest BCUT2D eigenvalue weighted by molar-refractivity contribution is -0.133. The van der Waals surface area contributed by atoms with Crippen LogP contribution < -0.4 is 0 Å². The van der Waals surface area contributed by atoms with Crippen molar-refractivity contribution in [1.29, 1.82) is 0 Å². The normalized spacial score (nSPS) is 15.4. The molecule has 0 aliphatic carbocycles. The Hall–Kier alpha value is -2.31. The van der Waals surface area contributed by atoms with Gasteiger partial charge in [-0.15, -0.1) is 0 Å². The van der Waals surface area contributed by atoms with E-state index in [-0.39, 0.29) is 17.9 Å². The lowest BCUT2D eigenvalue weighted by atomic mass is 9.94. The third-order valence-corrected chi connectivity index (χ3v) is 4.97. The Bertz CT molecular complexity index is 916. The topological polar surface area (TPSA) is 63.6 Å². The van der Waals surface area contributed by atoms with Crippen LogP contribution in [0, 0.1) is 11.7 Å². The molecule has 6 heteroatoms. The molecule has 0 fully saturated rings. The number of esters is 1. The zero-order valence-corrected chi connectivity index (χ0v) is 16.0. The molecule has 1 N–H and O–H groups in total. The minimum absolute atomic E-state index is 0.00408. The summed E-state index contributed by atoms with van der Waals surface area (Å²) >= 11 is -2.04. The van der Waals surface area contributed by atoms with Crippen molar-refractivity contribution in [2.75, 3.05) is 6.61 Å². The number of hydrogen-bond donors (Lipinski definition) is 1. The van der Waals surface area contributed by atoms with E-state index in [4.69, 9.17) is 9.29 Å². The van der Waals surface area contributed by atoms with E-state index < -0.39 is 22.9 Å². The van der Waals surface area contributed by atoms with Crippen molar-refractivity contribution in [1.82, 2.24) is 0 Å². The van der Waals surface area contributed by atoms with Gasteiger partial charge in [0.1, 0.15) is 12.4 Å². The Balaban J connectivity index is 1.98. The SMILES string of the molecule is CC(C)Cc1ccc(C2=C(c3ccc(CS(=O)O)cc3F)COC2=O)cc1. The average molecular weight is 388 g/mol. The number of carbonyl (C=O) groups excluding carboxylic acids is 1. The minimum atomic E-state index is -2.04. The number of halogens is 1. The van der Waals surface area contributed by atoms with Gasteiger partial charge >= 0.3 is 5.97 Å². The number of hydrogen-bond acceptors (Lipinski definition) is 3. The molecule has 2 aromatic rings. The van der Waals surface area contributed by atoms with Gasteiger partial charge in [-0.05, 0) is 35.1 Å². The van der Waals surface area contributed by atoms with Gasteiger partial charge in [0.25, 0.3) is 0 Å². The van der Waals surface area contributed by atoms with E-state index in [2.05, 4.69) is 13.8 Å². The molecule has 2 aromatic carbocycles. The largest absolute Gasteiger partial charge is 0.457 e. The van der Waals surface area contributed by atoms with Gasteiger partial charge in [0.15, 0.2) is 11.1 Å². The Labute approximate surface area is 160 Å². The summed E-state index contributed by atoms with van der Waals surface area (Å²) in [7, 11) is 0. The van der Waals surface area contributed by atoms with Gasteiger partial charge in [-0.2, -0.15) is 0 Å². The van der Waals surface area contributed by atoms with Crippen LogP contribution in [0.4, 0.5) is 4.39 Å². The summed E-state index contributed by atoms with van der Waals surface area (Å²) in [5.74, 6) is -0.625. The number of benzene rings is 2. The fourth-order valence-corrected chi connectivity index (χ4v) is 3.69. The van der Waals surface area contributed by atoms with Crippen molar-refractivity contribution in [3.05, 3.63) is 70.5 Å². The van der Waals surface area contributed by atoms with Crippen molar-refractivity contribution >= 4 is 28.2 Å². The molecule has 0 saturated heterocycles. The van der Waals surface area contributed by atoms with Crippen molar-refractivity contribution in [3.8, 4) is 0 Å². The highest BCUT2D eigenvalue weighted by Gasteiger charge is 2.28. The minimum Gasteiger partial charge on any atom is -0.457 e. The predicted molar refractivity (Wildman–Crippen MR) is 104 cm³/mol. The molecule has 1 heterocycles. The summed E-state index contributed by atoms with van der Waals surface area (Å²) in [4.78, 5) is 12.3. The summed E-state index contributed by atoms with van der Waals surface area (Å²) in [6, 6.07) is 12.0. The van der Waals surface area contributed by atoms with Gasteiger partial charge in [0.2, 0.25) is 0 Å². The standard InChI is InChI=1S/C21H21FO4S/c1-13(2)9-14-3-6-16(7-4-14)20-18(11-26-21(20)23)17-8-5-15(10-19(17)22)12-27(24)25/h3-8,10,13H,9,11-12H2,1-2H3,(H,24,25). The molecule has 0 radical (unpaired) electrons. The van der Waals surface area contributed by atoms with E-state index in [1.807, 2.05) is 24.3 Å². The first-order chi connectivity index (χ1) is 12.8. The van der Waals surface area contributed by atoms with Crippen molar-refractivity contribution in [2.45, 2.75) is 26.0 Å². The molecular weight excluding hydrogens is 367 g/mol. The summed E-state index contributed by atoms with van der Waals surface area (Å²) in [6.45, 7) is 4.29. The van der Waals surface area contributed by atoms with Gasteiger partial charge in [-0.3, -0.25) is 0 Å². The first kappa shape index (κ1) is 19.5. The monoisotopic (exact) mass is 388 g/mol. The zero-order valence-electron chi connectivity index (χ0n) is 15.2. The lowest BCUT2D eigenvalue weighted by Gasteiger charge is -2.09. The molecule has 0 spiro atoms. The molecule has 3 rings (SSSR count). The number of carbonyl (C=O) groups is 1. The van der Waals surface area contributed by atoms with Crippen LogP contribution >= 0.6 is 0 Å². The highest BCUT2D eigenvalue weighted by molar-refractivity contribution is 7.78. The summed E-state index contributed by atoms with van der Waals surface area (Å²) < 4.78 is 39.6. The zero-order chi connectivity index (χ0) is 19.6. The maximum atomic E-state index is 14.6. The van der Waals surface area contributed by atoms with Crippen LogP contribution in [0.5, 0.6) is 0 Å². The highest BCUT2D eigenvalue weighted by Crippen LogP contribution is 2.34. The van der Waals surface area contributed by atoms with Crippen LogP contribution in [0.3, 0.4) is 0 Å². The van der Waals surface area contributed by atoms with Gasteiger partial charge < -0.3 is 9.29 Å². The quantitative estimate of drug-likeness (QED) is 0.595. The summed E-state index contributed by atoms with van der Waals surface area (Å²) in [5, 5.41) is 0. The Morgan fingerprint density at radius 1 is 1.15 bits per heavy atom. The Morgan fingerprint density at radius 2 is 1.81 bits per heavy atom. The number of rotatable bonds is 6. The van der Waals surface area contributed by atoms with E-state index >= 15 is 0 Å². The van der Waals surface area contributed by atoms with Crippen molar-refractivity contribution in [2.24, 2.45) is 5.92 Å². The van der Waals surface area contributed by atoms with Crippen LogP contribution in [0.15, 0.2) is 42.5 Å². The third kappa shape index (κ3) is 4.51. The van der Waals surface area contributed by atoms with Crippen LogP contribution in [0.2, 0.25) is 0 Å². The van der Waals surface area contributed by atoms with Crippen LogP contribution in [0.1, 0.15) is 36.1 Å². The number of ether oxygens (including phenoxy) is 1. The molecule has 0 saturated carbocycles. The van der Waals surface area contributed by atoms with Crippen molar-refractivity contribution in [3.63, 3.8) is 0 Å². The van der Waals surface area contributed by atoms with Gasteiger partial charge in [-0.25, -0.2) is 13.4 Å². The molecular formula is C21H21FO4S. The first-order valence-corrected chi connectivity index (χ1v) is 9.98. The summed E-state index contributed by atoms with van der Waals surface area (Å²) in [6.07, 6.45) is 0.943.